The van der Waals surface area contributed by atoms with Gasteiger partial charge >= 0.3 is 6.36 Å². The molecule has 2 aromatic rings. The van der Waals surface area contributed by atoms with Crippen molar-refractivity contribution in [3.05, 3.63) is 41.1 Å². The van der Waals surface area contributed by atoms with E-state index in [1.807, 2.05) is 11.7 Å². The van der Waals surface area contributed by atoms with Crippen LogP contribution in [0.15, 0.2) is 24.3 Å². The van der Waals surface area contributed by atoms with E-state index in [2.05, 4.69) is 28.8 Å². The first kappa shape index (κ1) is 22.4. The SMILES string of the molecule is CC(C)c1nn(C)c(N2CCOCC2)c1CNCCc1ccc(OC(F)(F)F)cc1. The number of aromatic nitrogens is 2. The van der Waals surface area contributed by atoms with Crippen molar-refractivity contribution in [1.29, 1.82) is 0 Å². The molecule has 6 nitrogen and oxygen atoms in total. The highest BCUT2D eigenvalue weighted by Crippen LogP contribution is 2.29. The minimum absolute atomic E-state index is 0.203. The molecule has 1 fully saturated rings. The van der Waals surface area contributed by atoms with Crippen molar-refractivity contribution in [2.75, 3.05) is 37.7 Å². The Kier molecular flexibility index (Phi) is 7.25. The summed E-state index contributed by atoms with van der Waals surface area (Å²) in [5, 5.41) is 8.22. The summed E-state index contributed by atoms with van der Waals surface area (Å²) in [6.07, 6.45) is -3.96. The molecule has 1 aromatic heterocycles. The van der Waals surface area contributed by atoms with E-state index < -0.39 is 6.36 Å². The second-order valence-corrected chi connectivity index (χ2v) is 7.68. The number of hydrogen-bond acceptors (Lipinski definition) is 5. The largest absolute Gasteiger partial charge is 0.573 e. The number of benzene rings is 1. The topological polar surface area (TPSA) is 51.5 Å². The van der Waals surface area contributed by atoms with Crippen LogP contribution in [0.2, 0.25) is 0 Å². The smallest absolute Gasteiger partial charge is 0.406 e. The second kappa shape index (κ2) is 9.70. The lowest BCUT2D eigenvalue weighted by Gasteiger charge is -2.29. The van der Waals surface area contributed by atoms with E-state index in [4.69, 9.17) is 9.84 Å². The third-order valence-corrected chi connectivity index (χ3v) is 5.05. The molecule has 0 unspecified atom stereocenters. The quantitative estimate of drug-likeness (QED) is 0.654. The first-order valence-corrected chi connectivity index (χ1v) is 10.2. The van der Waals surface area contributed by atoms with Gasteiger partial charge in [0.1, 0.15) is 11.6 Å². The van der Waals surface area contributed by atoms with Crippen LogP contribution in [0.4, 0.5) is 19.0 Å². The third kappa shape index (κ3) is 5.89. The summed E-state index contributed by atoms with van der Waals surface area (Å²) in [6, 6.07) is 6.01. The average Bonchev–Trinajstić information content (AvgIpc) is 3.02. The molecule has 1 saturated heterocycles. The normalized spacial score (nSPS) is 15.1. The van der Waals surface area contributed by atoms with Crippen LogP contribution in [0.25, 0.3) is 0 Å². The summed E-state index contributed by atoms with van der Waals surface area (Å²) in [5.74, 6) is 1.23. The second-order valence-electron chi connectivity index (χ2n) is 7.68. The highest BCUT2D eigenvalue weighted by atomic mass is 19.4. The van der Waals surface area contributed by atoms with Gasteiger partial charge in [0, 0.05) is 32.2 Å². The first-order valence-electron chi connectivity index (χ1n) is 10.2. The Morgan fingerprint density at radius 3 is 2.43 bits per heavy atom. The molecule has 2 heterocycles. The zero-order chi connectivity index (χ0) is 21.7. The van der Waals surface area contributed by atoms with Crippen LogP contribution in [0.3, 0.4) is 0 Å². The van der Waals surface area contributed by atoms with Gasteiger partial charge < -0.3 is 19.7 Å². The van der Waals surface area contributed by atoms with E-state index in [-0.39, 0.29) is 5.75 Å². The lowest BCUT2D eigenvalue weighted by atomic mass is 10.0. The van der Waals surface area contributed by atoms with Gasteiger partial charge in [0.15, 0.2) is 0 Å². The number of rotatable bonds is 8. The van der Waals surface area contributed by atoms with Crippen LogP contribution in [0.1, 0.15) is 36.6 Å². The number of nitrogens with one attached hydrogen (secondary N) is 1. The number of ether oxygens (including phenoxy) is 2. The summed E-state index contributed by atoms with van der Waals surface area (Å²) in [4.78, 5) is 2.32. The summed E-state index contributed by atoms with van der Waals surface area (Å²) < 4.78 is 48.1. The molecule has 0 bridgehead atoms. The Balaban J connectivity index is 1.60. The van der Waals surface area contributed by atoms with Crippen molar-refractivity contribution in [3.8, 4) is 5.75 Å². The fourth-order valence-corrected chi connectivity index (χ4v) is 3.69. The number of anilines is 1. The summed E-state index contributed by atoms with van der Waals surface area (Å²) >= 11 is 0. The summed E-state index contributed by atoms with van der Waals surface area (Å²) in [6.45, 7) is 8.77. The van der Waals surface area contributed by atoms with Gasteiger partial charge in [-0.25, -0.2) is 0 Å². The number of alkyl halides is 3. The monoisotopic (exact) mass is 426 g/mol. The van der Waals surface area contributed by atoms with Crippen molar-refractivity contribution >= 4 is 5.82 Å². The molecule has 0 radical (unpaired) electrons. The van der Waals surface area contributed by atoms with Crippen LogP contribution >= 0.6 is 0 Å². The molecule has 0 aliphatic carbocycles. The van der Waals surface area contributed by atoms with Gasteiger partial charge in [0.05, 0.1) is 18.9 Å². The minimum atomic E-state index is -4.67. The molecule has 1 aliphatic heterocycles. The molecule has 0 amide bonds. The minimum Gasteiger partial charge on any atom is -0.406 e. The van der Waals surface area contributed by atoms with Crippen LogP contribution in [-0.2, 0) is 24.8 Å². The number of halogens is 3. The van der Waals surface area contributed by atoms with Crippen molar-refractivity contribution < 1.29 is 22.6 Å². The summed E-state index contributed by atoms with van der Waals surface area (Å²) in [7, 11) is 1.98. The molecule has 0 spiro atoms. The number of aryl methyl sites for hydroxylation is 1. The van der Waals surface area contributed by atoms with E-state index >= 15 is 0 Å². The molecule has 1 aliphatic rings. The van der Waals surface area contributed by atoms with Crippen molar-refractivity contribution in [1.82, 2.24) is 15.1 Å². The fourth-order valence-electron chi connectivity index (χ4n) is 3.69. The lowest BCUT2D eigenvalue weighted by Crippen LogP contribution is -2.38. The maximum absolute atomic E-state index is 12.3. The van der Waals surface area contributed by atoms with E-state index in [1.54, 1.807) is 12.1 Å². The van der Waals surface area contributed by atoms with E-state index in [0.717, 1.165) is 30.2 Å². The molecule has 0 saturated carbocycles. The van der Waals surface area contributed by atoms with E-state index in [0.29, 0.717) is 38.6 Å². The van der Waals surface area contributed by atoms with Gasteiger partial charge in [-0.3, -0.25) is 4.68 Å². The van der Waals surface area contributed by atoms with Crippen molar-refractivity contribution in [2.24, 2.45) is 7.05 Å². The standard InChI is InChI=1S/C21H29F3N4O2/c1-15(2)19-18(20(27(3)26-19)28-10-12-29-13-11-28)14-25-9-8-16-4-6-17(7-5-16)30-21(22,23)24/h4-7,15,25H,8-14H2,1-3H3. The molecule has 1 aromatic carbocycles. The first-order chi connectivity index (χ1) is 14.2. The van der Waals surface area contributed by atoms with E-state index in [1.165, 1.54) is 17.7 Å². The van der Waals surface area contributed by atoms with Gasteiger partial charge in [-0.15, -0.1) is 13.2 Å². The molecule has 9 heteroatoms. The predicted octanol–water partition coefficient (Wildman–Crippen LogP) is 3.61. The van der Waals surface area contributed by atoms with Gasteiger partial charge in [0.2, 0.25) is 0 Å². The maximum atomic E-state index is 12.3. The molecule has 166 valence electrons. The fraction of sp³-hybridized carbons (Fsp3) is 0.571. The number of hydrogen-bond donors (Lipinski definition) is 1. The van der Waals surface area contributed by atoms with Crippen LogP contribution < -0.4 is 15.0 Å². The molecular weight excluding hydrogens is 397 g/mol. The van der Waals surface area contributed by atoms with Crippen molar-refractivity contribution in [2.45, 2.75) is 39.1 Å². The van der Waals surface area contributed by atoms with Gasteiger partial charge in [0.25, 0.3) is 0 Å². The molecule has 1 N–H and O–H groups in total. The molecule has 30 heavy (non-hydrogen) atoms. The Morgan fingerprint density at radius 2 is 1.83 bits per heavy atom. The Morgan fingerprint density at radius 1 is 1.17 bits per heavy atom. The molecule has 0 atom stereocenters. The van der Waals surface area contributed by atoms with Crippen LogP contribution in [-0.4, -0.2) is 49.0 Å². The van der Waals surface area contributed by atoms with Gasteiger partial charge in [-0.2, -0.15) is 5.10 Å². The highest BCUT2D eigenvalue weighted by Gasteiger charge is 2.31. The zero-order valence-electron chi connectivity index (χ0n) is 17.6. The van der Waals surface area contributed by atoms with Gasteiger partial charge in [-0.05, 0) is 36.6 Å². The zero-order valence-corrected chi connectivity index (χ0v) is 17.6. The van der Waals surface area contributed by atoms with E-state index in [9.17, 15) is 13.2 Å². The van der Waals surface area contributed by atoms with Gasteiger partial charge in [-0.1, -0.05) is 26.0 Å². The predicted molar refractivity (Wildman–Crippen MR) is 109 cm³/mol. The van der Waals surface area contributed by atoms with Crippen molar-refractivity contribution in [3.63, 3.8) is 0 Å². The highest BCUT2D eigenvalue weighted by molar-refractivity contribution is 5.51. The Hall–Kier alpha value is -2.26. The maximum Gasteiger partial charge on any atom is 0.573 e. The number of nitrogens with zero attached hydrogens (tertiary/aromatic N) is 3. The number of morpholine rings is 1. The lowest BCUT2D eigenvalue weighted by molar-refractivity contribution is -0.274. The Bertz CT molecular complexity index is 813. The Labute approximate surface area is 175 Å². The van der Waals surface area contributed by atoms with Crippen LogP contribution in [0.5, 0.6) is 5.75 Å². The molecular formula is C21H29F3N4O2. The average molecular weight is 426 g/mol. The summed E-state index contributed by atoms with van der Waals surface area (Å²) in [5.41, 5.74) is 3.23. The van der Waals surface area contributed by atoms with Crippen LogP contribution in [0, 0.1) is 0 Å². The third-order valence-electron chi connectivity index (χ3n) is 5.05. The molecule has 3 rings (SSSR count).